The third-order valence-electron chi connectivity index (χ3n) is 2.49. The van der Waals surface area contributed by atoms with E-state index in [-0.39, 0.29) is 0 Å². The van der Waals surface area contributed by atoms with E-state index in [0.29, 0.717) is 11.4 Å². The van der Waals surface area contributed by atoms with Gasteiger partial charge in [-0.1, -0.05) is 37.3 Å². The Labute approximate surface area is 95.7 Å². The van der Waals surface area contributed by atoms with Crippen molar-refractivity contribution in [2.45, 2.75) is 13.3 Å². The van der Waals surface area contributed by atoms with Crippen LogP contribution in [0.2, 0.25) is 0 Å². The lowest BCUT2D eigenvalue weighted by molar-refractivity contribution is 0.479. The van der Waals surface area contributed by atoms with Crippen LogP contribution in [-0.2, 0) is 6.42 Å². The Morgan fingerprint density at radius 2 is 1.56 bits per heavy atom. The van der Waals surface area contributed by atoms with Crippen LogP contribution in [0.25, 0.3) is 0 Å². The summed E-state index contributed by atoms with van der Waals surface area (Å²) in [6.45, 7) is 2.11. The standard InChI is InChI=1S/C14H15NO/c1-2-11-7-3-5-9-13(11)16-14-10-6-4-8-12(14)15/h3-10H,2,15H2,1H3. The fourth-order valence-corrected chi connectivity index (χ4v) is 1.59. The van der Waals surface area contributed by atoms with Crippen LogP contribution in [0, 0.1) is 0 Å². The van der Waals surface area contributed by atoms with Gasteiger partial charge in [0.25, 0.3) is 0 Å². The topological polar surface area (TPSA) is 35.2 Å². The van der Waals surface area contributed by atoms with Gasteiger partial charge in [0.15, 0.2) is 0 Å². The maximum atomic E-state index is 5.83. The van der Waals surface area contributed by atoms with Gasteiger partial charge in [-0.05, 0) is 30.2 Å². The summed E-state index contributed by atoms with van der Waals surface area (Å²) >= 11 is 0. The summed E-state index contributed by atoms with van der Waals surface area (Å²) < 4.78 is 5.81. The lowest BCUT2D eigenvalue weighted by Crippen LogP contribution is -1.94. The molecule has 2 heteroatoms. The molecule has 0 amide bonds. The molecule has 0 aliphatic heterocycles. The van der Waals surface area contributed by atoms with Gasteiger partial charge < -0.3 is 10.5 Å². The highest BCUT2D eigenvalue weighted by Gasteiger charge is 2.04. The maximum absolute atomic E-state index is 5.83. The van der Waals surface area contributed by atoms with Gasteiger partial charge in [0.2, 0.25) is 0 Å². The first kappa shape index (κ1) is 10.6. The summed E-state index contributed by atoms with van der Waals surface area (Å²) in [5.74, 6) is 1.59. The van der Waals surface area contributed by atoms with Crippen LogP contribution in [0.4, 0.5) is 5.69 Å². The van der Waals surface area contributed by atoms with Crippen molar-refractivity contribution in [3.63, 3.8) is 0 Å². The van der Waals surface area contributed by atoms with Gasteiger partial charge in [-0.3, -0.25) is 0 Å². The van der Waals surface area contributed by atoms with Crippen LogP contribution in [0.3, 0.4) is 0 Å². The van der Waals surface area contributed by atoms with E-state index < -0.39 is 0 Å². The first-order valence-corrected chi connectivity index (χ1v) is 5.41. The molecule has 0 aliphatic carbocycles. The fourth-order valence-electron chi connectivity index (χ4n) is 1.59. The summed E-state index contributed by atoms with van der Waals surface area (Å²) in [6, 6.07) is 15.5. The van der Waals surface area contributed by atoms with Gasteiger partial charge in [-0.15, -0.1) is 0 Å². The molecule has 0 atom stereocenters. The summed E-state index contributed by atoms with van der Waals surface area (Å²) in [7, 11) is 0. The molecule has 0 saturated heterocycles. The van der Waals surface area contributed by atoms with Gasteiger partial charge in [0, 0.05) is 0 Å². The number of ether oxygens (including phenoxy) is 1. The van der Waals surface area contributed by atoms with Crippen molar-refractivity contribution in [2.75, 3.05) is 5.73 Å². The van der Waals surface area contributed by atoms with Gasteiger partial charge in [0.1, 0.15) is 11.5 Å². The molecule has 82 valence electrons. The van der Waals surface area contributed by atoms with Crippen molar-refractivity contribution in [2.24, 2.45) is 0 Å². The average molecular weight is 213 g/mol. The molecule has 0 unspecified atom stereocenters. The third-order valence-corrected chi connectivity index (χ3v) is 2.49. The summed E-state index contributed by atoms with van der Waals surface area (Å²) in [4.78, 5) is 0. The number of hydrogen-bond donors (Lipinski definition) is 1. The van der Waals surface area contributed by atoms with Crippen LogP contribution in [0.5, 0.6) is 11.5 Å². The smallest absolute Gasteiger partial charge is 0.150 e. The van der Waals surface area contributed by atoms with Crippen LogP contribution in [0.1, 0.15) is 12.5 Å². The van der Waals surface area contributed by atoms with Crippen LogP contribution >= 0.6 is 0 Å². The number of anilines is 1. The fraction of sp³-hybridized carbons (Fsp3) is 0.143. The Bertz CT molecular complexity index is 480. The monoisotopic (exact) mass is 213 g/mol. The van der Waals surface area contributed by atoms with E-state index in [1.54, 1.807) is 0 Å². The summed E-state index contributed by atoms with van der Waals surface area (Å²) in [6.07, 6.45) is 0.947. The van der Waals surface area contributed by atoms with Gasteiger partial charge in [-0.2, -0.15) is 0 Å². The molecule has 0 fully saturated rings. The van der Waals surface area contributed by atoms with Crippen molar-refractivity contribution < 1.29 is 4.74 Å². The van der Waals surface area contributed by atoms with Crippen molar-refractivity contribution in [1.82, 2.24) is 0 Å². The highest BCUT2D eigenvalue weighted by atomic mass is 16.5. The number of nitrogens with two attached hydrogens (primary N) is 1. The Morgan fingerprint density at radius 3 is 2.25 bits per heavy atom. The SMILES string of the molecule is CCc1ccccc1Oc1ccccc1N. The molecular weight excluding hydrogens is 198 g/mol. The number of para-hydroxylation sites is 3. The van der Waals surface area contributed by atoms with Crippen LogP contribution in [0.15, 0.2) is 48.5 Å². The highest BCUT2D eigenvalue weighted by molar-refractivity contribution is 5.54. The second-order valence-corrected chi connectivity index (χ2v) is 3.60. The largest absolute Gasteiger partial charge is 0.455 e. The van der Waals surface area contributed by atoms with Gasteiger partial charge >= 0.3 is 0 Å². The van der Waals surface area contributed by atoms with Gasteiger partial charge in [-0.25, -0.2) is 0 Å². The second-order valence-electron chi connectivity index (χ2n) is 3.60. The Kier molecular flexibility index (Phi) is 3.10. The molecule has 0 radical (unpaired) electrons. The third kappa shape index (κ3) is 2.16. The molecule has 0 spiro atoms. The Hall–Kier alpha value is -1.96. The molecule has 2 aromatic rings. The molecule has 2 aromatic carbocycles. The minimum Gasteiger partial charge on any atom is -0.455 e. The maximum Gasteiger partial charge on any atom is 0.150 e. The van der Waals surface area contributed by atoms with E-state index in [0.717, 1.165) is 12.2 Å². The molecular formula is C14H15NO. The minimum absolute atomic E-state index is 0.661. The van der Waals surface area contributed by atoms with Crippen molar-refractivity contribution in [1.29, 1.82) is 0 Å². The van der Waals surface area contributed by atoms with Crippen molar-refractivity contribution in [3.8, 4) is 11.5 Å². The van der Waals surface area contributed by atoms with Gasteiger partial charge in [0.05, 0.1) is 5.69 Å². The number of rotatable bonds is 3. The first-order chi connectivity index (χ1) is 7.81. The van der Waals surface area contributed by atoms with E-state index in [4.69, 9.17) is 10.5 Å². The zero-order chi connectivity index (χ0) is 11.4. The molecule has 2 rings (SSSR count). The number of nitrogen functional groups attached to an aromatic ring is 1. The highest BCUT2D eigenvalue weighted by Crippen LogP contribution is 2.29. The number of benzene rings is 2. The molecule has 0 heterocycles. The summed E-state index contributed by atoms with van der Waals surface area (Å²) in [5, 5.41) is 0. The normalized spacial score (nSPS) is 10.1. The van der Waals surface area contributed by atoms with Crippen molar-refractivity contribution >= 4 is 5.69 Å². The van der Waals surface area contributed by atoms with E-state index in [9.17, 15) is 0 Å². The number of aryl methyl sites for hydroxylation is 1. The zero-order valence-electron chi connectivity index (χ0n) is 9.31. The molecule has 16 heavy (non-hydrogen) atoms. The van der Waals surface area contributed by atoms with Crippen LogP contribution in [-0.4, -0.2) is 0 Å². The van der Waals surface area contributed by atoms with E-state index >= 15 is 0 Å². The average Bonchev–Trinajstić information content (AvgIpc) is 2.33. The minimum atomic E-state index is 0.661. The molecule has 2 nitrogen and oxygen atoms in total. The lowest BCUT2D eigenvalue weighted by Gasteiger charge is -2.11. The first-order valence-electron chi connectivity index (χ1n) is 5.41. The predicted molar refractivity (Wildman–Crippen MR) is 66.7 cm³/mol. The van der Waals surface area contributed by atoms with Crippen LogP contribution < -0.4 is 10.5 Å². The Balaban J connectivity index is 2.30. The molecule has 0 saturated carbocycles. The molecule has 0 bridgehead atoms. The quantitative estimate of drug-likeness (QED) is 0.790. The van der Waals surface area contributed by atoms with E-state index in [1.807, 2.05) is 42.5 Å². The Morgan fingerprint density at radius 1 is 0.938 bits per heavy atom. The second kappa shape index (κ2) is 4.71. The molecule has 2 N–H and O–H groups in total. The molecule has 0 aliphatic rings. The predicted octanol–water partition coefficient (Wildman–Crippen LogP) is 3.62. The molecule has 0 aromatic heterocycles. The van der Waals surface area contributed by atoms with E-state index in [1.165, 1.54) is 5.56 Å². The number of hydrogen-bond acceptors (Lipinski definition) is 2. The van der Waals surface area contributed by atoms with E-state index in [2.05, 4.69) is 13.0 Å². The summed E-state index contributed by atoms with van der Waals surface area (Å²) in [5.41, 5.74) is 7.68. The zero-order valence-corrected chi connectivity index (χ0v) is 9.31. The lowest BCUT2D eigenvalue weighted by atomic mass is 10.1. The van der Waals surface area contributed by atoms with Crippen molar-refractivity contribution in [3.05, 3.63) is 54.1 Å².